The minimum atomic E-state index is 0.595. The average Bonchev–Trinajstić information content (AvgIpc) is 2.82. The van der Waals surface area contributed by atoms with Crippen LogP contribution in [0.4, 0.5) is 5.69 Å². The zero-order chi connectivity index (χ0) is 12.5. The Morgan fingerprint density at radius 2 is 1.67 bits per heavy atom. The lowest BCUT2D eigenvalue weighted by Crippen LogP contribution is -2.08. The number of nitrogens with zero attached hydrogens (tertiary/aromatic N) is 1. The van der Waals surface area contributed by atoms with E-state index in [9.17, 15) is 0 Å². The maximum absolute atomic E-state index is 2.28. The maximum Gasteiger partial charge on any atom is 0.0361 e. The number of hydrogen-bond acceptors (Lipinski definition) is 1. The number of benzene rings is 2. The van der Waals surface area contributed by atoms with Crippen LogP contribution in [0.2, 0.25) is 0 Å². The molecule has 0 heterocycles. The van der Waals surface area contributed by atoms with Crippen molar-refractivity contribution < 1.29 is 0 Å². The van der Waals surface area contributed by atoms with Crippen molar-refractivity contribution in [3.05, 3.63) is 65.2 Å². The fourth-order valence-electron chi connectivity index (χ4n) is 2.91. The van der Waals surface area contributed by atoms with Gasteiger partial charge in [-0.15, -0.1) is 0 Å². The molecular weight excluding hydrogens is 218 g/mol. The van der Waals surface area contributed by atoms with Gasteiger partial charge in [0.05, 0.1) is 0 Å². The van der Waals surface area contributed by atoms with Crippen molar-refractivity contribution in [3.63, 3.8) is 0 Å². The molecule has 0 N–H and O–H groups in total. The monoisotopic (exact) mass is 237 g/mol. The van der Waals surface area contributed by atoms with Crippen LogP contribution in [0, 0.1) is 0 Å². The molecule has 0 saturated carbocycles. The van der Waals surface area contributed by atoms with Gasteiger partial charge in [0.2, 0.25) is 0 Å². The Labute approximate surface area is 109 Å². The summed E-state index contributed by atoms with van der Waals surface area (Å²) in [6.07, 6.45) is 2.47. The average molecular weight is 237 g/mol. The minimum Gasteiger partial charge on any atom is -0.378 e. The van der Waals surface area contributed by atoms with Crippen LogP contribution in [0.15, 0.2) is 48.5 Å². The van der Waals surface area contributed by atoms with E-state index in [1.54, 1.807) is 0 Å². The van der Waals surface area contributed by atoms with Gasteiger partial charge in [-0.25, -0.2) is 0 Å². The van der Waals surface area contributed by atoms with Crippen LogP contribution < -0.4 is 4.90 Å². The molecule has 1 heteroatoms. The molecule has 1 aliphatic carbocycles. The molecule has 2 aromatic rings. The first kappa shape index (κ1) is 11.3. The van der Waals surface area contributed by atoms with Gasteiger partial charge in [0.15, 0.2) is 0 Å². The van der Waals surface area contributed by atoms with Gasteiger partial charge in [0.1, 0.15) is 0 Å². The lowest BCUT2D eigenvalue weighted by Gasteiger charge is -2.16. The van der Waals surface area contributed by atoms with Crippen molar-refractivity contribution >= 4 is 5.69 Å². The topological polar surface area (TPSA) is 3.24 Å². The van der Waals surface area contributed by atoms with Crippen LogP contribution in [0.1, 0.15) is 29.0 Å². The quantitative estimate of drug-likeness (QED) is 0.767. The Morgan fingerprint density at radius 1 is 0.944 bits per heavy atom. The summed E-state index contributed by atoms with van der Waals surface area (Å²) in [5.41, 5.74) is 5.77. The number of fused-ring (bicyclic) bond motifs is 1. The highest BCUT2D eigenvalue weighted by atomic mass is 15.1. The van der Waals surface area contributed by atoms with Gasteiger partial charge in [0.25, 0.3) is 0 Å². The van der Waals surface area contributed by atoms with Crippen molar-refractivity contribution in [1.29, 1.82) is 0 Å². The molecule has 0 saturated heterocycles. The summed E-state index contributed by atoms with van der Waals surface area (Å²) < 4.78 is 0. The van der Waals surface area contributed by atoms with E-state index in [1.165, 1.54) is 35.2 Å². The first-order valence-electron chi connectivity index (χ1n) is 6.61. The third-order valence-corrected chi connectivity index (χ3v) is 3.94. The molecule has 92 valence electrons. The zero-order valence-corrected chi connectivity index (χ0v) is 11.1. The number of rotatable bonds is 2. The van der Waals surface area contributed by atoms with Gasteiger partial charge in [0, 0.05) is 25.7 Å². The molecule has 2 aromatic carbocycles. The van der Waals surface area contributed by atoms with Gasteiger partial charge in [-0.2, -0.15) is 0 Å². The van der Waals surface area contributed by atoms with Gasteiger partial charge in [-0.3, -0.25) is 0 Å². The summed E-state index contributed by atoms with van der Waals surface area (Å²) in [4.78, 5) is 2.15. The first-order chi connectivity index (χ1) is 8.75. The van der Waals surface area contributed by atoms with Crippen molar-refractivity contribution in [2.24, 2.45) is 0 Å². The van der Waals surface area contributed by atoms with E-state index in [1.807, 2.05) is 0 Å². The van der Waals surface area contributed by atoms with E-state index in [4.69, 9.17) is 0 Å². The zero-order valence-electron chi connectivity index (χ0n) is 11.1. The molecule has 18 heavy (non-hydrogen) atoms. The number of hydrogen-bond donors (Lipinski definition) is 0. The lowest BCUT2D eigenvalue weighted by atomic mass is 9.93. The summed E-state index contributed by atoms with van der Waals surface area (Å²) in [6, 6.07) is 17.9. The van der Waals surface area contributed by atoms with E-state index in [0.29, 0.717) is 5.92 Å². The van der Waals surface area contributed by atoms with E-state index >= 15 is 0 Å². The molecule has 0 fully saturated rings. The fraction of sp³-hybridized carbons (Fsp3) is 0.294. The smallest absolute Gasteiger partial charge is 0.0361 e. The molecule has 0 radical (unpaired) electrons. The summed E-state index contributed by atoms with van der Waals surface area (Å²) in [5.74, 6) is 0.595. The fourth-order valence-corrected chi connectivity index (χ4v) is 2.91. The summed E-state index contributed by atoms with van der Waals surface area (Å²) in [7, 11) is 4.17. The predicted molar refractivity (Wildman–Crippen MR) is 77.4 cm³/mol. The Balaban J connectivity index is 1.93. The molecule has 0 amide bonds. The van der Waals surface area contributed by atoms with E-state index < -0.39 is 0 Å². The molecule has 1 aliphatic rings. The molecule has 1 atom stereocenters. The van der Waals surface area contributed by atoms with Gasteiger partial charge in [-0.05, 0) is 41.7 Å². The highest BCUT2D eigenvalue weighted by Crippen LogP contribution is 2.38. The maximum atomic E-state index is 2.28. The third kappa shape index (κ3) is 1.90. The Hall–Kier alpha value is -1.76. The Bertz CT molecular complexity index is 540. The van der Waals surface area contributed by atoms with Crippen molar-refractivity contribution in [1.82, 2.24) is 0 Å². The van der Waals surface area contributed by atoms with E-state index in [-0.39, 0.29) is 0 Å². The van der Waals surface area contributed by atoms with Crippen molar-refractivity contribution in [3.8, 4) is 0 Å². The van der Waals surface area contributed by atoms with Gasteiger partial charge < -0.3 is 4.90 Å². The number of aryl methyl sites for hydroxylation is 1. The second-order valence-electron chi connectivity index (χ2n) is 5.28. The minimum absolute atomic E-state index is 0.595. The van der Waals surface area contributed by atoms with Crippen LogP contribution in [0.5, 0.6) is 0 Å². The standard InChI is InChI=1S/C17H19N/c1-18(2)15-10-7-14(8-11-15)17-12-9-13-5-3-4-6-16(13)17/h3-8,10-11,17H,9,12H2,1-2H3. The highest BCUT2D eigenvalue weighted by Gasteiger charge is 2.23. The molecule has 0 aliphatic heterocycles. The highest BCUT2D eigenvalue weighted by molar-refractivity contribution is 5.49. The predicted octanol–water partition coefficient (Wildman–Crippen LogP) is 3.83. The first-order valence-corrected chi connectivity index (χ1v) is 6.61. The molecular formula is C17H19N. The van der Waals surface area contributed by atoms with Crippen molar-refractivity contribution in [2.45, 2.75) is 18.8 Å². The van der Waals surface area contributed by atoms with Gasteiger partial charge in [-0.1, -0.05) is 36.4 Å². The van der Waals surface area contributed by atoms with E-state index in [2.05, 4.69) is 67.5 Å². The second kappa shape index (κ2) is 4.49. The Kier molecular flexibility index (Phi) is 2.83. The molecule has 1 unspecified atom stereocenters. The van der Waals surface area contributed by atoms with Crippen LogP contribution in [-0.2, 0) is 6.42 Å². The van der Waals surface area contributed by atoms with E-state index in [0.717, 1.165) is 0 Å². The van der Waals surface area contributed by atoms with Crippen LogP contribution in [0.25, 0.3) is 0 Å². The van der Waals surface area contributed by atoms with Crippen LogP contribution in [-0.4, -0.2) is 14.1 Å². The SMILES string of the molecule is CN(C)c1ccc(C2CCc3ccccc32)cc1. The molecule has 0 aromatic heterocycles. The summed E-state index contributed by atoms with van der Waals surface area (Å²) in [6.45, 7) is 0. The second-order valence-corrected chi connectivity index (χ2v) is 5.28. The normalized spacial score (nSPS) is 17.6. The molecule has 0 spiro atoms. The molecule has 1 nitrogen and oxygen atoms in total. The van der Waals surface area contributed by atoms with Crippen LogP contribution >= 0.6 is 0 Å². The van der Waals surface area contributed by atoms with Crippen LogP contribution in [0.3, 0.4) is 0 Å². The van der Waals surface area contributed by atoms with Gasteiger partial charge >= 0.3 is 0 Å². The summed E-state index contributed by atoms with van der Waals surface area (Å²) >= 11 is 0. The largest absolute Gasteiger partial charge is 0.378 e. The molecule has 0 bridgehead atoms. The number of anilines is 1. The molecule has 3 rings (SSSR count). The summed E-state index contributed by atoms with van der Waals surface area (Å²) in [5, 5.41) is 0. The third-order valence-electron chi connectivity index (χ3n) is 3.94. The lowest BCUT2D eigenvalue weighted by molar-refractivity contribution is 0.788. The Morgan fingerprint density at radius 3 is 2.39 bits per heavy atom. The van der Waals surface area contributed by atoms with Crippen molar-refractivity contribution in [2.75, 3.05) is 19.0 Å².